The molecule has 0 saturated carbocycles. The zero-order valence-electron chi connectivity index (χ0n) is 26.3. The van der Waals surface area contributed by atoms with Crippen LogP contribution in [0.15, 0.2) is 94.1 Å². The largest absolute Gasteiger partial charge is 0.496 e. The number of rotatable bonds is 12. The molecule has 4 aromatic rings. The van der Waals surface area contributed by atoms with E-state index >= 15 is 0 Å². The normalized spacial score (nSPS) is 12.1. The summed E-state index contributed by atoms with van der Waals surface area (Å²) in [6.07, 6.45) is 0. The Morgan fingerprint density at radius 2 is 1.32 bits per heavy atom. The van der Waals surface area contributed by atoms with Crippen molar-refractivity contribution in [3.63, 3.8) is 0 Å². The third kappa shape index (κ3) is 6.59. The number of hydrogen-bond acceptors (Lipinski definition) is 7. The highest BCUT2D eigenvalue weighted by atomic mass is 28.4. The van der Waals surface area contributed by atoms with Crippen LogP contribution in [-0.2, 0) is 4.43 Å². The first-order valence-corrected chi connectivity index (χ1v) is 16.3. The van der Waals surface area contributed by atoms with Crippen molar-refractivity contribution in [3.05, 3.63) is 101 Å². The summed E-state index contributed by atoms with van der Waals surface area (Å²) in [6.45, 7) is 11.0. The standard InChI is InChI=1S/C35H40O8Si/c1-34(2,3)44(24-15-10-8-11-16-24,25-17-12-9-13-18-25)42-23-35(4,5)22-41-31-26(21-29(32(36)37)43-33(31)38)30-27(39-6)19-14-20-28(30)40-7/h8-21H,22-23H2,1-7H3,(H,36,37). The second-order valence-corrected chi connectivity index (χ2v) is 16.7. The van der Waals surface area contributed by atoms with Crippen molar-refractivity contribution < 1.29 is 33.0 Å². The summed E-state index contributed by atoms with van der Waals surface area (Å²) in [5.41, 5.74) is -0.926. The monoisotopic (exact) mass is 616 g/mol. The molecule has 0 aliphatic heterocycles. The van der Waals surface area contributed by atoms with E-state index in [2.05, 4.69) is 45.0 Å². The molecule has 0 bridgehead atoms. The van der Waals surface area contributed by atoms with Crippen LogP contribution in [0.1, 0.15) is 45.2 Å². The number of ether oxygens (including phenoxy) is 3. The van der Waals surface area contributed by atoms with Gasteiger partial charge in [-0.05, 0) is 27.5 Å². The highest BCUT2D eigenvalue weighted by molar-refractivity contribution is 6.99. The van der Waals surface area contributed by atoms with E-state index in [1.54, 1.807) is 18.2 Å². The molecule has 44 heavy (non-hydrogen) atoms. The first-order chi connectivity index (χ1) is 20.8. The first-order valence-electron chi connectivity index (χ1n) is 14.4. The van der Waals surface area contributed by atoms with Gasteiger partial charge in [-0.1, -0.05) is 101 Å². The van der Waals surface area contributed by atoms with Crippen LogP contribution in [0, 0.1) is 5.41 Å². The van der Waals surface area contributed by atoms with Crippen molar-refractivity contribution in [1.29, 1.82) is 0 Å². The van der Waals surface area contributed by atoms with Gasteiger partial charge in [0.25, 0.3) is 8.32 Å². The fourth-order valence-electron chi connectivity index (χ4n) is 5.40. The molecule has 0 amide bonds. The van der Waals surface area contributed by atoms with E-state index in [1.807, 2.05) is 50.2 Å². The summed E-state index contributed by atoms with van der Waals surface area (Å²) < 4.78 is 29.6. The maximum absolute atomic E-state index is 13.2. The Labute approximate surface area is 259 Å². The minimum Gasteiger partial charge on any atom is -0.496 e. The Hall–Kier alpha value is -4.34. The molecule has 0 saturated heterocycles. The Morgan fingerprint density at radius 1 is 0.795 bits per heavy atom. The van der Waals surface area contributed by atoms with Gasteiger partial charge in [0.1, 0.15) is 11.5 Å². The number of methoxy groups -OCH3 is 2. The molecule has 232 valence electrons. The number of benzene rings is 3. The molecule has 0 aliphatic rings. The predicted octanol–water partition coefficient (Wildman–Crippen LogP) is 6.00. The van der Waals surface area contributed by atoms with E-state index in [-0.39, 0.29) is 23.0 Å². The number of carboxylic acid groups (broad SMARTS) is 1. The lowest BCUT2D eigenvalue weighted by Crippen LogP contribution is -2.67. The minimum absolute atomic E-state index is 0.0762. The quantitative estimate of drug-likeness (QED) is 0.193. The van der Waals surface area contributed by atoms with E-state index in [9.17, 15) is 14.7 Å². The minimum atomic E-state index is -2.82. The smallest absolute Gasteiger partial charge is 0.379 e. The highest BCUT2D eigenvalue weighted by Crippen LogP contribution is 2.43. The zero-order valence-corrected chi connectivity index (χ0v) is 27.3. The molecule has 8 nitrogen and oxygen atoms in total. The molecule has 0 fully saturated rings. The molecule has 1 aromatic heterocycles. The van der Waals surface area contributed by atoms with Gasteiger partial charge < -0.3 is 28.2 Å². The van der Waals surface area contributed by atoms with Crippen LogP contribution in [0.2, 0.25) is 5.04 Å². The number of hydrogen-bond donors (Lipinski definition) is 1. The summed E-state index contributed by atoms with van der Waals surface area (Å²) in [4.78, 5) is 25.0. The van der Waals surface area contributed by atoms with Crippen molar-refractivity contribution in [2.24, 2.45) is 5.41 Å². The summed E-state index contributed by atoms with van der Waals surface area (Å²) >= 11 is 0. The third-order valence-electron chi connectivity index (χ3n) is 7.52. The summed E-state index contributed by atoms with van der Waals surface area (Å²) in [5.74, 6) is -1.30. The highest BCUT2D eigenvalue weighted by Gasteiger charge is 2.50. The fraction of sp³-hybridized carbons (Fsp3) is 0.314. The van der Waals surface area contributed by atoms with Crippen molar-refractivity contribution in [2.45, 2.75) is 39.7 Å². The summed E-state index contributed by atoms with van der Waals surface area (Å²) in [7, 11) is 0.139. The van der Waals surface area contributed by atoms with Crippen LogP contribution in [0.3, 0.4) is 0 Å². The lowest BCUT2D eigenvalue weighted by atomic mass is 9.96. The van der Waals surface area contributed by atoms with Gasteiger partial charge in [-0.2, -0.15) is 0 Å². The fourth-order valence-corrected chi connectivity index (χ4v) is 10.2. The average molecular weight is 617 g/mol. The zero-order chi connectivity index (χ0) is 32.1. The van der Waals surface area contributed by atoms with Gasteiger partial charge >= 0.3 is 11.6 Å². The Bertz CT molecular complexity index is 1580. The van der Waals surface area contributed by atoms with Gasteiger partial charge in [-0.3, -0.25) is 0 Å². The molecule has 0 radical (unpaired) electrons. The summed E-state index contributed by atoms with van der Waals surface area (Å²) in [5, 5.41) is 11.7. The molecule has 0 atom stereocenters. The molecule has 0 aliphatic carbocycles. The van der Waals surface area contributed by atoms with Crippen LogP contribution >= 0.6 is 0 Å². The molecule has 0 spiro atoms. The Morgan fingerprint density at radius 3 is 1.77 bits per heavy atom. The maximum Gasteiger partial charge on any atom is 0.379 e. The van der Waals surface area contributed by atoms with Gasteiger partial charge in [-0.15, -0.1) is 0 Å². The molecule has 9 heteroatoms. The van der Waals surface area contributed by atoms with Crippen molar-refractivity contribution in [2.75, 3.05) is 27.4 Å². The van der Waals surface area contributed by atoms with Crippen molar-refractivity contribution >= 4 is 24.7 Å². The van der Waals surface area contributed by atoms with Crippen LogP contribution in [0.5, 0.6) is 17.2 Å². The van der Waals surface area contributed by atoms with E-state index in [4.69, 9.17) is 23.1 Å². The van der Waals surface area contributed by atoms with E-state index in [1.165, 1.54) is 20.3 Å². The van der Waals surface area contributed by atoms with Crippen molar-refractivity contribution in [3.8, 4) is 28.4 Å². The topological polar surface area (TPSA) is 104 Å². The Kier molecular flexibility index (Phi) is 9.71. The molecule has 1 heterocycles. The van der Waals surface area contributed by atoms with Crippen LogP contribution < -0.4 is 30.2 Å². The van der Waals surface area contributed by atoms with Gasteiger partial charge in [0.2, 0.25) is 11.5 Å². The molecular weight excluding hydrogens is 576 g/mol. The maximum atomic E-state index is 13.2. The van der Waals surface area contributed by atoms with E-state index < -0.39 is 31.1 Å². The van der Waals surface area contributed by atoms with Gasteiger partial charge in [0.15, 0.2) is 0 Å². The second kappa shape index (κ2) is 13.1. The SMILES string of the molecule is COc1cccc(OC)c1-c1cc(C(=O)O)oc(=O)c1OCC(C)(C)CO[Si](c1ccccc1)(c1ccccc1)C(C)(C)C. The van der Waals surface area contributed by atoms with Gasteiger partial charge in [0, 0.05) is 23.7 Å². The number of carboxylic acids is 1. The number of aromatic carboxylic acids is 1. The molecular formula is C35H40O8Si. The van der Waals surface area contributed by atoms with Crippen LogP contribution in [-0.4, -0.2) is 46.8 Å². The molecule has 0 unspecified atom stereocenters. The second-order valence-electron chi connectivity index (χ2n) is 12.4. The average Bonchev–Trinajstić information content (AvgIpc) is 3.00. The lowest BCUT2D eigenvalue weighted by molar-refractivity contribution is 0.0653. The number of carbonyl (C=O) groups is 1. The van der Waals surface area contributed by atoms with Crippen molar-refractivity contribution in [1.82, 2.24) is 0 Å². The van der Waals surface area contributed by atoms with E-state index in [0.29, 0.717) is 23.7 Å². The predicted molar refractivity (Wildman–Crippen MR) is 173 cm³/mol. The van der Waals surface area contributed by atoms with Crippen LogP contribution in [0.25, 0.3) is 11.1 Å². The third-order valence-corrected chi connectivity index (χ3v) is 12.5. The van der Waals surface area contributed by atoms with Crippen LogP contribution in [0.4, 0.5) is 0 Å². The molecule has 3 aromatic carbocycles. The first kappa shape index (κ1) is 32.6. The van der Waals surface area contributed by atoms with Gasteiger partial charge in [0.05, 0.1) is 26.4 Å². The summed E-state index contributed by atoms with van der Waals surface area (Å²) in [6, 6.07) is 27.1. The lowest BCUT2D eigenvalue weighted by Gasteiger charge is -2.44. The molecule has 1 N–H and O–H groups in total. The Balaban J connectivity index is 1.73. The van der Waals surface area contributed by atoms with E-state index in [0.717, 1.165) is 10.4 Å². The molecule has 4 rings (SSSR count). The van der Waals surface area contributed by atoms with Gasteiger partial charge in [-0.25, -0.2) is 9.59 Å².